The van der Waals surface area contributed by atoms with Gasteiger partial charge in [0.2, 0.25) is 5.91 Å². The Hall–Kier alpha value is -2.64. The fraction of sp³-hybridized carbons (Fsp3) is 0.318. The summed E-state index contributed by atoms with van der Waals surface area (Å²) in [5.41, 5.74) is 1.62. The van der Waals surface area contributed by atoms with Crippen molar-refractivity contribution < 1.29 is 9.53 Å². The topological polar surface area (TPSA) is 64.4 Å². The molecule has 0 saturated heterocycles. The van der Waals surface area contributed by atoms with Crippen molar-refractivity contribution >= 4 is 28.6 Å². The zero-order valence-corrected chi connectivity index (χ0v) is 17.5. The van der Waals surface area contributed by atoms with Crippen LogP contribution in [0.15, 0.2) is 64.5 Å². The molecule has 0 aliphatic heterocycles. The van der Waals surface area contributed by atoms with E-state index in [2.05, 4.69) is 4.98 Å². The normalized spacial score (nSPS) is 11.0. The number of carbonyl (C=O) groups is 1. The number of hydrogen-bond donors (Lipinski definition) is 0. The molecule has 152 valence electrons. The van der Waals surface area contributed by atoms with E-state index >= 15 is 0 Å². The number of ether oxygens (including phenoxy) is 1. The van der Waals surface area contributed by atoms with Gasteiger partial charge in [-0.15, -0.1) is 0 Å². The Bertz CT molecular complexity index is 1020. The smallest absolute Gasteiger partial charge is 0.262 e. The summed E-state index contributed by atoms with van der Waals surface area (Å²) < 4.78 is 6.74. The first-order chi connectivity index (χ1) is 14.1. The van der Waals surface area contributed by atoms with Crippen LogP contribution in [-0.2, 0) is 22.6 Å². The van der Waals surface area contributed by atoms with Crippen LogP contribution in [0.5, 0.6) is 0 Å². The van der Waals surface area contributed by atoms with Crippen molar-refractivity contribution in [1.82, 2.24) is 14.5 Å². The third-order valence-electron chi connectivity index (χ3n) is 4.62. The molecule has 3 rings (SSSR count). The van der Waals surface area contributed by atoms with Gasteiger partial charge in [0.15, 0.2) is 5.16 Å². The molecule has 0 saturated carbocycles. The lowest BCUT2D eigenvalue weighted by atomic mass is 10.2. The molecule has 29 heavy (non-hydrogen) atoms. The minimum Gasteiger partial charge on any atom is -0.383 e. The number of para-hydroxylation sites is 1. The summed E-state index contributed by atoms with van der Waals surface area (Å²) in [7, 11) is 1.60. The number of thioether (sulfide) groups is 1. The van der Waals surface area contributed by atoms with E-state index in [1.807, 2.05) is 55.5 Å². The zero-order chi connectivity index (χ0) is 20.6. The second-order valence-electron chi connectivity index (χ2n) is 6.54. The highest BCUT2D eigenvalue weighted by molar-refractivity contribution is 7.99. The van der Waals surface area contributed by atoms with Gasteiger partial charge in [0.25, 0.3) is 5.56 Å². The lowest BCUT2D eigenvalue weighted by Crippen LogP contribution is -2.32. The molecular weight excluding hydrogens is 386 g/mol. The Morgan fingerprint density at radius 3 is 2.59 bits per heavy atom. The quantitative estimate of drug-likeness (QED) is 0.400. The van der Waals surface area contributed by atoms with E-state index in [0.29, 0.717) is 42.3 Å². The van der Waals surface area contributed by atoms with E-state index in [1.54, 1.807) is 22.6 Å². The van der Waals surface area contributed by atoms with Crippen LogP contribution in [0.25, 0.3) is 10.9 Å². The summed E-state index contributed by atoms with van der Waals surface area (Å²) in [6, 6.07) is 17.2. The minimum atomic E-state index is -0.112. The lowest BCUT2D eigenvalue weighted by molar-refractivity contribution is -0.128. The second-order valence-corrected chi connectivity index (χ2v) is 7.49. The van der Waals surface area contributed by atoms with Crippen molar-refractivity contribution in [2.45, 2.75) is 25.2 Å². The average Bonchev–Trinajstić information content (AvgIpc) is 2.76. The number of methoxy groups -OCH3 is 1. The molecule has 0 aliphatic carbocycles. The molecule has 1 heterocycles. The van der Waals surface area contributed by atoms with Crippen molar-refractivity contribution in [3.8, 4) is 0 Å². The van der Waals surface area contributed by atoms with Crippen molar-refractivity contribution in [3.05, 3.63) is 70.5 Å². The van der Waals surface area contributed by atoms with Crippen LogP contribution < -0.4 is 5.56 Å². The molecule has 0 atom stereocenters. The third kappa shape index (κ3) is 5.25. The maximum atomic E-state index is 12.9. The molecule has 7 heteroatoms. The number of hydrogen-bond acceptors (Lipinski definition) is 5. The number of fused-ring (bicyclic) bond motifs is 1. The SMILES string of the molecule is CCN(Cc1ccccc1)C(=O)CSc1nc2ccccc2c(=O)n1CCOC. The molecule has 3 aromatic rings. The molecule has 0 aliphatic rings. The van der Waals surface area contributed by atoms with Crippen molar-refractivity contribution in [3.63, 3.8) is 0 Å². The molecule has 2 aromatic carbocycles. The van der Waals surface area contributed by atoms with E-state index in [4.69, 9.17) is 4.74 Å². The first-order valence-electron chi connectivity index (χ1n) is 9.57. The molecule has 6 nitrogen and oxygen atoms in total. The largest absolute Gasteiger partial charge is 0.383 e. The van der Waals surface area contributed by atoms with Gasteiger partial charge in [0.1, 0.15) is 0 Å². The Balaban J connectivity index is 1.79. The summed E-state index contributed by atoms with van der Waals surface area (Å²) in [6.07, 6.45) is 0. The molecule has 0 fully saturated rings. The molecule has 1 amide bonds. The Labute approximate surface area is 174 Å². The minimum absolute atomic E-state index is 0.0158. The predicted octanol–water partition coefficient (Wildman–Crippen LogP) is 3.18. The van der Waals surface area contributed by atoms with Crippen LogP contribution >= 0.6 is 11.8 Å². The van der Waals surface area contributed by atoms with E-state index in [9.17, 15) is 9.59 Å². The number of amides is 1. The maximum Gasteiger partial charge on any atom is 0.262 e. The Morgan fingerprint density at radius 2 is 1.86 bits per heavy atom. The van der Waals surface area contributed by atoms with Gasteiger partial charge in [-0.2, -0.15) is 0 Å². The monoisotopic (exact) mass is 411 g/mol. The zero-order valence-electron chi connectivity index (χ0n) is 16.7. The Kier molecular flexibility index (Phi) is 7.43. The van der Waals surface area contributed by atoms with Crippen LogP contribution in [0.4, 0.5) is 0 Å². The summed E-state index contributed by atoms with van der Waals surface area (Å²) >= 11 is 1.29. The summed E-state index contributed by atoms with van der Waals surface area (Å²) in [6.45, 7) is 3.95. The maximum absolute atomic E-state index is 12.9. The highest BCUT2D eigenvalue weighted by Gasteiger charge is 2.16. The molecule has 0 bridgehead atoms. The van der Waals surface area contributed by atoms with Gasteiger partial charge >= 0.3 is 0 Å². The fourth-order valence-corrected chi connectivity index (χ4v) is 3.96. The molecular formula is C22H25N3O3S. The highest BCUT2D eigenvalue weighted by Crippen LogP contribution is 2.19. The van der Waals surface area contributed by atoms with Gasteiger partial charge in [0.05, 0.1) is 29.8 Å². The van der Waals surface area contributed by atoms with Crippen LogP contribution in [0.2, 0.25) is 0 Å². The number of aromatic nitrogens is 2. The van der Waals surface area contributed by atoms with E-state index in [-0.39, 0.29) is 17.2 Å². The third-order valence-corrected chi connectivity index (χ3v) is 5.58. The van der Waals surface area contributed by atoms with Gasteiger partial charge < -0.3 is 9.64 Å². The van der Waals surface area contributed by atoms with Gasteiger partial charge in [0, 0.05) is 20.2 Å². The number of carbonyl (C=O) groups excluding carboxylic acids is 1. The van der Waals surface area contributed by atoms with Crippen molar-refractivity contribution in [2.24, 2.45) is 0 Å². The number of rotatable bonds is 9. The molecule has 1 aromatic heterocycles. The molecule has 0 N–H and O–H groups in total. The molecule has 0 spiro atoms. The highest BCUT2D eigenvalue weighted by atomic mass is 32.2. The van der Waals surface area contributed by atoms with Gasteiger partial charge in [-0.25, -0.2) is 4.98 Å². The van der Waals surface area contributed by atoms with Gasteiger partial charge in [-0.3, -0.25) is 14.2 Å². The number of nitrogens with zero attached hydrogens (tertiary/aromatic N) is 3. The fourth-order valence-electron chi connectivity index (χ4n) is 3.04. The summed E-state index contributed by atoms with van der Waals surface area (Å²) in [4.78, 5) is 32.1. The van der Waals surface area contributed by atoms with Crippen LogP contribution in [0.1, 0.15) is 12.5 Å². The first kappa shape index (κ1) is 21.1. The lowest BCUT2D eigenvalue weighted by Gasteiger charge is -2.21. The van der Waals surface area contributed by atoms with Gasteiger partial charge in [-0.05, 0) is 24.6 Å². The standard InChI is InChI=1S/C22H25N3O3S/c1-3-24(15-17-9-5-4-6-10-17)20(26)16-29-22-23-19-12-8-7-11-18(19)21(27)25(22)13-14-28-2/h4-12H,3,13-16H2,1-2H3. The second kappa shape index (κ2) is 10.2. The van der Waals surface area contributed by atoms with Gasteiger partial charge in [-0.1, -0.05) is 54.2 Å². The van der Waals surface area contributed by atoms with Crippen molar-refractivity contribution in [1.29, 1.82) is 0 Å². The van der Waals surface area contributed by atoms with Crippen molar-refractivity contribution in [2.75, 3.05) is 26.0 Å². The summed E-state index contributed by atoms with van der Waals surface area (Å²) in [5, 5.41) is 1.11. The summed E-state index contributed by atoms with van der Waals surface area (Å²) in [5.74, 6) is 0.236. The van der Waals surface area contributed by atoms with Crippen LogP contribution in [0, 0.1) is 0 Å². The van der Waals surface area contributed by atoms with E-state index in [1.165, 1.54) is 11.8 Å². The predicted molar refractivity (Wildman–Crippen MR) is 116 cm³/mol. The molecule has 0 radical (unpaired) electrons. The first-order valence-corrected chi connectivity index (χ1v) is 10.6. The average molecular weight is 412 g/mol. The van der Waals surface area contributed by atoms with E-state index in [0.717, 1.165) is 5.56 Å². The van der Waals surface area contributed by atoms with E-state index < -0.39 is 0 Å². The Morgan fingerprint density at radius 1 is 1.14 bits per heavy atom. The van der Waals surface area contributed by atoms with Crippen LogP contribution in [0.3, 0.4) is 0 Å². The number of benzene rings is 2. The molecule has 0 unspecified atom stereocenters. The van der Waals surface area contributed by atoms with Crippen LogP contribution in [-0.4, -0.2) is 46.4 Å².